The zero-order chi connectivity index (χ0) is 21.6. The summed E-state index contributed by atoms with van der Waals surface area (Å²) in [4.78, 5) is 16.8. The molecule has 2 N–H and O–H groups in total. The summed E-state index contributed by atoms with van der Waals surface area (Å²) in [5, 5.41) is 18.2. The Kier molecular flexibility index (Phi) is 6.96. The maximum absolute atomic E-state index is 12.2. The molecular weight excluding hydrogens is 446 g/mol. The Hall–Kier alpha value is -2.75. The van der Waals surface area contributed by atoms with Crippen molar-refractivity contribution in [2.75, 3.05) is 10.6 Å². The number of aryl methyl sites for hydroxylation is 2. The Morgan fingerprint density at radius 2 is 1.87 bits per heavy atom. The van der Waals surface area contributed by atoms with Crippen molar-refractivity contribution in [3.8, 4) is 0 Å². The van der Waals surface area contributed by atoms with Crippen LogP contribution in [0.25, 0.3) is 0 Å². The molecule has 4 rings (SSSR count). The number of para-hydroxylation sites is 1. The third-order valence-corrected chi connectivity index (χ3v) is 7.38. The summed E-state index contributed by atoms with van der Waals surface area (Å²) in [7, 11) is 0. The Balaban J connectivity index is 1.27. The van der Waals surface area contributed by atoms with E-state index in [1.807, 2.05) is 41.8 Å². The van der Waals surface area contributed by atoms with E-state index in [0.717, 1.165) is 31.5 Å². The molecule has 158 valence electrons. The average molecular weight is 468 g/mol. The van der Waals surface area contributed by atoms with Gasteiger partial charge >= 0.3 is 0 Å². The van der Waals surface area contributed by atoms with E-state index in [2.05, 4.69) is 51.8 Å². The van der Waals surface area contributed by atoms with Crippen LogP contribution in [-0.4, -0.2) is 21.1 Å². The summed E-state index contributed by atoms with van der Waals surface area (Å²) in [6, 6.07) is 15.7. The lowest BCUT2D eigenvalue weighted by Crippen LogP contribution is -2.14. The van der Waals surface area contributed by atoms with Gasteiger partial charge in [-0.2, -0.15) is 0 Å². The number of nitrogens with one attached hydrogen (secondary N) is 2. The molecule has 0 unspecified atom stereocenters. The maximum atomic E-state index is 12.2. The highest BCUT2D eigenvalue weighted by Gasteiger charge is 2.11. The number of amides is 1. The lowest BCUT2D eigenvalue weighted by atomic mass is 10.1. The van der Waals surface area contributed by atoms with E-state index in [0.29, 0.717) is 5.75 Å². The fourth-order valence-corrected chi connectivity index (χ4v) is 5.32. The second-order valence-corrected chi connectivity index (χ2v) is 10.1. The Bertz CT molecular complexity index is 1170. The third kappa shape index (κ3) is 6.13. The van der Waals surface area contributed by atoms with Crippen molar-refractivity contribution in [2.45, 2.75) is 30.4 Å². The van der Waals surface area contributed by atoms with Crippen molar-refractivity contribution in [1.29, 1.82) is 0 Å². The predicted molar refractivity (Wildman–Crippen MR) is 130 cm³/mol. The van der Waals surface area contributed by atoms with Crippen LogP contribution in [0.5, 0.6) is 0 Å². The molecule has 0 aliphatic rings. The number of carbonyl (C=O) groups is 1. The van der Waals surface area contributed by atoms with Crippen LogP contribution in [0.4, 0.5) is 16.5 Å². The van der Waals surface area contributed by atoms with Gasteiger partial charge in [-0.25, -0.2) is 4.98 Å². The monoisotopic (exact) mass is 467 g/mol. The number of thioether (sulfide) groups is 1. The van der Waals surface area contributed by atoms with Gasteiger partial charge in [0.15, 0.2) is 4.34 Å². The molecule has 0 saturated heterocycles. The number of thiazole rings is 1. The quantitative estimate of drug-likeness (QED) is 0.318. The lowest BCUT2D eigenvalue weighted by Gasteiger charge is -2.05. The van der Waals surface area contributed by atoms with E-state index in [1.54, 1.807) is 11.8 Å². The minimum absolute atomic E-state index is 0.0639. The van der Waals surface area contributed by atoms with Crippen LogP contribution in [0.3, 0.4) is 0 Å². The summed E-state index contributed by atoms with van der Waals surface area (Å²) in [5.41, 5.74) is 5.24. The minimum atomic E-state index is -0.0639. The van der Waals surface area contributed by atoms with Gasteiger partial charge in [-0.05, 0) is 49.2 Å². The average Bonchev–Trinajstić information content (AvgIpc) is 3.39. The number of benzene rings is 2. The number of carbonyl (C=O) groups excluding carboxylic acids is 1. The molecule has 2 heterocycles. The highest BCUT2D eigenvalue weighted by Crippen LogP contribution is 2.30. The Morgan fingerprint density at radius 1 is 1.03 bits per heavy atom. The summed E-state index contributed by atoms with van der Waals surface area (Å²) in [6.07, 6.45) is 0.271. The maximum Gasteiger partial charge on any atom is 0.231 e. The molecule has 9 heteroatoms. The molecule has 4 aromatic rings. The molecule has 1 amide bonds. The van der Waals surface area contributed by atoms with E-state index < -0.39 is 0 Å². The summed E-state index contributed by atoms with van der Waals surface area (Å²) in [5.74, 6) is 0.626. The van der Waals surface area contributed by atoms with Crippen LogP contribution in [0.1, 0.15) is 21.8 Å². The van der Waals surface area contributed by atoms with E-state index in [9.17, 15) is 4.79 Å². The van der Waals surface area contributed by atoms with Gasteiger partial charge < -0.3 is 10.6 Å². The number of rotatable bonds is 8. The molecule has 2 aromatic heterocycles. The molecular formula is C22H21N5OS3. The van der Waals surface area contributed by atoms with Crippen LogP contribution in [0.15, 0.2) is 58.3 Å². The third-order valence-electron chi connectivity index (χ3n) is 4.48. The predicted octanol–water partition coefficient (Wildman–Crippen LogP) is 5.83. The molecule has 0 aliphatic heterocycles. The first-order valence-corrected chi connectivity index (χ1v) is 12.3. The fourth-order valence-electron chi connectivity index (χ4n) is 2.76. The van der Waals surface area contributed by atoms with Crippen LogP contribution in [0.2, 0.25) is 0 Å². The molecule has 31 heavy (non-hydrogen) atoms. The highest BCUT2D eigenvalue weighted by atomic mass is 32.2. The van der Waals surface area contributed by atoms with Gasteiger partial charge in [0.25, 0.3) is 0 Å². The van der Waals surface area contributed by atoms with Crippen LogP contribution >= 0.6 is 34.4 Å². The number of hydrogen-bond acceptors (Lipinski definition) is 8. The van der Waals surface area contributed by atoms with E-state index in [4.69, 9.17) is 0 Å². The molecule has 0 fully saturated rings. The standard InChI is InChI=1S/C22H21N5OS3/c1-14-8-9-17(10-15(14)2)25-21-26-27-22(31-21)30-13-18-12-29-20(24-18)11-19(28)23-16-6-4-3-5-7-16/h3-10,12H,11,13H2,1-2H3,(H,23,28)(H,25,26). The molecule has 0 spiro atoms. The fraction of sp³-hybridized carbons (Fsp3) is 0.182. The smallest absolute Gasteiger partial charge is 0.231 e. The minimum Gasteiger partial charge on any atom is -0.330 e. The van der Waals surface area contributed by atoms with E-state index >= 15 is 0 Å². The van der Waals surface area contributed by atoms with Crippen molar-refractivity contribution >= 4 is 56.8 Å². The second kappa shape index (κ2) is 10.0. The van der Waals surface area contributed by atoms with Crippen molar-refractivity contribution < 1.29 is 4.79 Å². The number of anilines is 3. The zero-order valence-corrected chi connectivity index (χ0v) is 19.5. The van der Waals surface area contributed by atoms with Gasteiger partial charge in [-0.15, -0.1) is 21.5 Å². The first kappa shape index (κ1) is 21.5. The topological polar surface area (TPSA) is 79.8 Å². The van der Waals surface area contributed by atoms with Crippen molar-refractivity contribution in [2.24, 2.45) is 0 Å². The normalized spacial score (nSPS) is 10.8. The number of nitrogens with zero attached hydrogens (tertiary/aromatic N) is 3. The first-order valence-electron chi connectivity index (χ1n) is 9.64. The number of aromatic nitrogens is 3. The summed E-state index contributed by atoms with van der Waals surface area (Å²) < 4.78 is 0.878. The SMILES string of the molecule is Cc1ccc(Nc2nnc(SCc3csc(CC(=O)Nc4ccccc4)n3)s2)cc1C. The largest absolute Gasteiger partial charge is 0.330 e. The first-order chi connectivity index (χ1) is 15.0. The second-order valence-electron chi connectivity index (χ2n) is 6.91. The Morgan fingerprint density at radius 3 is 2.68 bits per heavy atom. The molecule has 0 bridgehead atoms. The van der Waals surface area contributed by atoms with Crippen molar-refractivity contribution in [3.05, 3.63) is 75.7 Å². The summed E-state index contributed by atoms with van der Waals surface area (Å²) in [6.45, 7) is 4.19. The van der Waals surface area contributed by atoms with Crippen molar-refractivity contribution in [1.82, 2.24) is 15.2 Å². The highest BCUT2D eigenvalue weighted by molar-refractivity contribution is 8.00. The van der Waals surface area contributed by atoms with Gasteiger partial charge in [-0.1, -0.05) is 47.4 Å². The Labute approximate surface area is 193 Å². The molecule has 6 nitrogen and oxygen atoms in total. The van der Waals surface area contributed by atoms with Gasteiger partial charge in [0.1, 0.15) is 5.01 Å². The van der Waals surface area contributed by atoms with Crippen LogP contribution in [0, 0.1) is 13.8 Å². The van der Waals surface area contributed by atoms with Gasteiger partial charge in [0, 0.05) is 22.5 Å². The summed E-state index contributed by atoms with van der Waals surface area (Å²) >= 11 is 4.61. The zero-order valence-electron chi connectivity index (χ0n) is 17.1. The lowest BCUT2D eigenvalue weighted by molar-refractivity contribution is -0.115. The molecule has 0 saturated carbocycles. The molecule has 0 aliphatic carbocycles. The molecule has 0 atom stereocenters. The van der Waals surface area contributed by atoms with Crippen LogP contribution < -0.4 is 10.6 Å². The van der Waals surface area contributed by atoms with Crippen LogP contribution in [-0.2, 0) is 17.0 Å². The van der Waals surface area contributed by atoms with Gasteiger partial charge in [0.05, 0.1) is 12.1 Å². The number of hydrogen-bond donors (Lipinski definition) is 2. The van der Waals surface area contributed by atoms with Gasteiger partial charge in [-0.3, -0.25) is 4.79 Å². The van der Waals surface area contributed by atoms with E-state index in [1.165, 1.54) is 33.8 Å². The van der Waals surface area contributed by atoms with Gasteiger partial charge in [0.2, 0.25) is 11.0 Å². The molecule has 0 radical (unpaired) electrons. The van der Waals surface area contributed by atoms with Crippen molar-refractivity contribution in [3.63, 3.8) is 0 Å². The molecule has 2 aromatic carbocycles. The van der Waals surface area contributed by atoms with E-state index in [-0.39, 0.29) is 12.3 Å².